The van der Waals surface area contributed by atoms with Crippen LogP contribution in [0.2, 0.25) is 0 Å². The monoisotopic (exact) mass is 445 g/mol. The summed E-state index contributed by atoms with van der Waals surface area (Å²) in [6.07, 6.45) is 2.74. The van der Waals surface area contributed by atoms with Crippen molar-refractivity contribution in [3.8, 4) is 11.5 Å². The van der Waals surface area contributed by atoms with E-state index in [9.17, 15) is 9.59 Å². The van der Waals surface area contributed by atoms with E-state index in [1.54, 1.807) is 24.3 Å². The van der Waals surface area contributed by atoms with Crippen LogP contribution >= 0.6 is 11.3 Å². The first-order valence-electron chi connectivity index (χ1n) is 10.6. The molecule has 0 saturated heterocycles. The van der Waals surface area contributed by atoms with Crippen molar-refractivity contribution in [2.75, 3.05) is 25.6 Å². The number of rotatable bonds is 7. The van der Waals surface area contributed by atoms with Crippen molar-refractivity contribution in [1.29, 1.82) is 0 Å². The van der Waals surface area contributed by atoms with Gasteiger partial charge in [0.05, 0.1) is 19.3 Å². The molecule has 3 rings (SSSR count). The van der Waals surface area contributed by atoms with E-state index < -0.39 is 5.97 Å². The molecule has 0 fully saturated rings. The number of esters is 1. The van der Waals surface area contributed by atoms with Gasteiger partial charge in [0.2, 0.25) is 0 Å². The van der Waals surface area contributed by atoms with Crippen molar-refractivity contribution in [2.45, 2.75) is 47.0 Å². The van der Waals surface area contributed by atoms with Crippen LogP contribution < -0.4 is 14.8 Å². The van der Waals surface area contributed by atoms with Gasteiger partial charge in [0, 0.05) is 4.88 Å². The van der Waals surface area contributed by atoms with Crippen LogP contribution in [0.15, 0.2) is 24.3 Å². The van der Waals surface area contributed by atoms with Crippen LogP contribution in [-0.4, -0.2) is 32.2 Å². The number of hydrogen-bond donors (Lipinski definition) is 1. The normalized spacial score (nSPS) is 15.7. The summed E-state index contributed by atoms with van der Waals surface area (Å²) in [6, 6.07) is 7.11. The Morgan fingerprint density at radius 2 is 1.77 bits per heavy atom. The molecule has 6 nitrogen and oxygen atoms in total. The van der Waals surface area contributed by atoms with E-state index in [0.29, 0.717) is 28.8 Å². The Kier molecular flexibility index (Phi) is 7.26. The highest BCUT2D eigenvalue weighted by molar-refractivity contribution is 7.17. The number of carbonyl (C=O) groups is 2. The molecular weight excluding hydrogens is 414 g/mol. The van der Waals surface area contributed by atoms with Gasteiger partial charge in [-0.05, 0) is 67.3 Å². The lowest BCUT2D eigenvalue weighted by Gasteiger charge is -2.33. The van der Waals surface area contributed by atoms with Gasteiger partial charge in [0.15, 0.2) is 6.61 Å². The molecule has 1 N–H and O–H groups in total. The fourth-order valence-corrected chi connectivity index (χ4v) is 5.17. The smallest absolute Gasteiger partial charge is 0.341 e. The van der Waals surface area contributed by atoms with Crippen LogP contribution in [0, 0.1) is 11.3 Å². The number of fused-ring (bicyclic) bond motifs is 1. The van der Waals surface area contributed by atoms with E-state index >= 15 is 0 Å². The van der Waals surface area contributed by atoms with Gasteiger partial charge >= 0.3 is 5.97 Å². The minimum absolute atomic E-state index is 0.151. The quantitative estimate of drug-likeness (QED) is 0.600. The molecule has 1 aromatic heterocycles. The maximum atomic E-state index is 12.5. The predicted molar refractivity (Wildman–Crippen MR) is 122 cm³/mol. The zero-order valence-electron chi connectivity index (χ0n) is 18.9. The minimum atomic E-state index is -0.408. The molecule has 31 heavy (non-hydrogen) atoms. The number of carbonyl (C=O) groups excluding carboxylic acids is 2. The van der Waals surface area contributed by atoms with Gasteiger partial charge in [-0.15, -0.1) is 11.3 Å². The van der Waals surface area contributed by atoms with Crippen molar-refractivity contribution >= 4 is 28.2 Å². The zero-order valence-corrected chi connectivity index (χ0v) is 19.7. The van der Waals surface area contributed by atoms with Gasteiger partial charge in [0.25, 0.3) is 5.91 Å². The Morgan fingerprint density at radius 3 is 2.35 bits per heavy atom. The molecule has 7 heteroatoms. The maximum absolute atomic E-state index is 12.5. The summed E-state index contributed by atoms with van der Waals surface area (Å²) in [5.41, 5.74) is 1.70. The molecule has 2 aromatic rings. The third kappa shape index (κ3) is 5.58. The molecule has 1 aromatic carbocycles. The summed E-state index contributed by atoms with van der Waals surface area (Å²) < 4.78 is 16.0. The fourth-order valence-electron chi connectivity index (χ4n) is 3.84. The fraction of sp³-hybridized carbons (Fsp3) is 0.500. The molecule has 1 amide bonds. The Morgan fingerprint density at radius 1 is 1.13 bits per heavy atom. The largest absolute Gasteiger partial charge is 0.494 e. The average Bonchev–Trinajstić information content (AvgIpc) is 3.09. The Hall–Kier alpha value is -2.54. The van der Waals surface area contributed by atoms with Gasteiger partial charge in [-0.2, -0.15) is 0 Å². The first kappa shape index (κ1) is 23.1. The number of nitrogens with one attached hydrogen (secondary N) is 1. The first-order chi connectivity index (χ1) is 14.7. The standard InChI is InChI=1S/C24H31NO5S/c1-6-29-16-8-10-17(11-9-16)30-14-20(26)25-22-21(23(27)28-5)18-12-7-15(24(2,3)4)13-19(18)31-22/h8-11,15H,6-7,12-14H2,1-5H3,(H,25,26). The lowest BCUT2D eigenvalue weighted by Crippen LogP contribution is -2.26. The second-order valence-electron chi connectivity index (χ2n) is 8.75. The molecule has 1 heterocycles. The van der Waals surface area contributed by atoms with Crippen LogP contribution in [0.5, 0.6) is 11.5 Å². The average molecular weight is 446 g/mol. The Bertz CT molecular complexity index is 927. The van der Waals surface area contributed by atoms with Crippen molar-refractivity contribution in [2.24, 2.45) is 11.3 Å². The predicted octanol–water partition coefficient (Wildman–Crippen LogP) is 5.10. The SMILES string of the molecule is CCOc1ccc(OCC(=O)Nc2sc3c(c2C(=O)OC)CCC(C(C)(C)C)C3)cc1. The minimum Gasteiger partial charge on any atom is -0.494 e. The Labute approximate surface area is 187 Å². The molecular formula is C24H31NO5S. The number of amides is 1. The number of methoxy groups -OCH3 is 1. The molecule has 1 unspecified atom stereocenters. The summed E-state index contributed by atoms with van der Waals surface area (Å²) in [4.78, 5) is 26.2. The molecule has 1 aliphatic rings. The number of anilines is 1. The van der Waals surface area contributed by atoms with Gasteiger partial charge < -0.3 is 19.5 Å². The molecule has 1 atom stereocenters. The van der Waals surface area contributed by atoms with Crippen LogP contribution in [-0.2, 0) is 22.4 Å². The first-order valence-corrected chi connectivity index (χ1v) is 11.4. The highest BCUT2D eigenvalue weighted by atomic mass is 32.1. The van der Waals surface area contributed by atoms with E-state index in [-0.39, 0.29) is 17.9 Å². The van der Waals surface area contributed by atoms with Gasteiger partial charge in [-0.1, -0.05) is 20.8 Å². The van der Waals surface area contributed by atoms with E-state index in [4.69, 9.17) is 14.2 Å². The van der Waals surface area contributed by atoms with Crippen LogP contribution in [0.25, 0.3) is 0 Å². The highest BCUT2D eigenvalue weighted by Crippen LogP contribution is 2.44. The molecule has 0 radical (unpaired) electrons. The van der Waals surface area contributed by atoms with Gasteiger partial charge in [-0.25, -0.2) is 4.79 Å². The third-order valence-electron chi connectivity index (χ3n) is 5.64. The van der Waals surface area contributed by atoms with Crippen molar-refractivity contribution in [3.05, 3.63) is 40.3 Å². The van der Waals surface area contributed by atoms with Crippen LogP contribution in [0.4, 0.5) is 5.00 Å². The van der Waals surface area contributed by atoms with Gasteiger partial charge in [-0.3, -0.25) is 4.79 Å². The molecule has 0 spiro atoms. The van der Waals surface area contributed by atoms with Crippen molar-refractivity contribution in [1.82, 2.24) is 0 Å². The lowest BCUT2D eigenvalue weighted by molar-refractivity contribution is -0.118. The number of thiophene rings is 1. The lowest BCUT2D eigenvalue weighted by atomic mass is 9.72. The highest BCUT2D eigenvalue weighted by Gasteiger charge is 2.34. The third-order valence-corrected chi connectivity index (χ3v) is 6.81. The molecule has 0 aliphatic heterocycles. The second-order valence-corrected chi connectivity index (χ2v) is 9.85. The van der Waals surface area contributed by atoms with E-state index in [1.165, 1.54) is 18.4 Å². The van der Waals surface area contributed by atoms with E-state index in [1.807, 2.05) is 6.92 Å². The van der Waals surface area contributed by atoms with E-state index in [2.05, 4.69) is 26.1 Å². The summed E-state index contributed by atoms with van der Waals surface area (Å²) in [5.74, 6) is 1.14. The molecule has 0 bridgehead atoms. The van der Waals surface area contributed by atoms with Crippen LogP contribution in [0.1, 0.15) is 54.9 Å². The molecule has 1 aliphatic carbocycles. The van der Waals surface area contributed by atoms with E-state index in [0.717, 1.165) is 35.5 Å². The number of benzene rings is 1. The zero-order chi connectivity index (χ0) is 22.6. The van der Waals surface area contributed by atoms with Crippen molar-refractivity contribution < 1.29 is 23.8 Å². The van der Waals surface area contributed by atoms with Crippen LogP contribution in [0.3, 0.4) is 0 Å². The van der Waals surface area contributed by atoms with Gasteiger partial charge in [0.1, 0.15) is 16.5 Å². The maximum Gasteiger partial charge on any atom is 0.341 e. The number of hydrogen-bond acceptors (Lipinski definition) is 6. The summed E-state index contributed by atoms with van der Waals surface area (Å²) in [7, 11) is 1.37. The Balaban J connectivity index is 1.71. The topological polar surface area (TPSA) is 73.9 Å². The second kappa shape index (κ2) is 9.73. The molecule has 168 valence electrons. The number of ether oxygens (including phenoxy) is 3. The summed E-state index contributed by atoms with van der Waals surface area (Å²) in [6.45, 7) is 9.10. The van der Waals surface area contributed by atoms with Crippen molar-refractivity contribution in [3.63, 3.8) is 0 Å². The summed E-state index contributed by atoms with van der Waals surface area (Å²) >= 11 is 1.48. The summed E-state index contributed by atoms with van der Waals surface area (Å²) in [5, 5.41) is 3.42. The molecule has 0 saturated carbocycles.